The van der Waals surface area contributed by atoms with Crippen LogP contribution in [0.2, 0.25) is 0 Å². The van der Waals surface area contributed by atoms with E-state index in [2.05, 4.69) is 0 Å². The van der Waals surface area contributed by atoms with Crippen molar-refractivity contribution in [3.8, 4) is 0 Å². The van der Waals surface area contributed by atoms with E-state index in [1.165, 1.54) is 0 Å². The number of rotatable bonds is 8. The molecule has 146 valence electrons. The molecule has 0 aliphatic heterocycles. The summed E-state index contributed by atoms with van der Waals surface area (Å²) >= 11 is 0. The van der Waals surface area contributed by atoms with Crippen LogP contribution < -0.4 is 0 Å². The van der Waals surface area contributed by atoms with Crippen molar-refractivity contribution < 1.29 is 24.9 Å². The second-order valence-electron chi connectivity index (χ2n) is 7.69. The van der Waals surface area contributed by atoms with Gasteiger partial charge in [-0.3, -0.25) is 9.59 Å². The molecule has 1 aliphatic rings. The number of carbonyl (C=O) groups excluding carboxylic acids is 2. The van der Waals surface area contributed by atoms with Crippen LogP contribution in [0.4, 0.5) is 0 Å². The van der Waals surface area contributed by atoms with Crippen LogP contribution >= 0.6 is 0 Å². The molecular formula is C21H32O5. The van der Waals surface area contributed by atoms with Gasteiger partial charge in [-0.25, -0.2) is 0 Å². The van der Waals surface area contributed by atoms with Crippen LogP contribution in [-0.2, 0) is 9.59 Å². The monoisotopic (exact) mass is 364 g/mol. The van der Waals surface area contributed by atoms with Crippen molar-refractivity contribution in [2.75, 3.05) is 0 Å². The topological polar surface area (TPSA) is 94.8 Å². The van der Waals surface area contributed by atoms with E-state index in [-0.39, 0.29) is 18.4 Å². The zero-order valence-corrected chi connectivity index (χ0v) is 16.7. The van der Waals surface area contributed by atoms with Gasteiger partial charge >= 0.3 is 0 Å². The molecular weight excluding hydrogens is 332 g/mol. The van der Waals surface area contributed by atoms with Gasteiger partial charge < -0.3 is 15.3 Å². The zero-order valence-electron chi connectivity index (χ0n) is 16.7. The van der Waals surface area contributed by atoms with Crippen molar-refractivity contribution >= 4 is 11.6 Å². The normalized spacial score (nSPS) is 25.1. The van der Waals surface area contributed by atoms with Crippen molar-refractivity contribution in [1.29, 1.82) is 0 Å². The van der Waals surface area contributed by atoms with E-state index < -0.39 is 40.9 Å². The van der Waals surface area contributed by atoms with E-state index in [4.69, 9.17) is 0 Å². The zero-order chi connectivity index (χ0) is 20.2. The number of carbonyl (C=O) groups is 2. The first kappa shape index (κ1) is 22.3. The second-order valence-corrected chi connectivity index (χ2v) is 7.69. The van der Waals surface area contributed by atoms with Crippen LogP contribution in [0, 0.1) is 11.8 Å². The quantitative estimate of drug-likeness (QED) is 0.453. The lowest BCUT2D eigenvalue weighted by atomic mass is 9.80. The lowest BCUT2D eigenvalue weighted by Crippen LogP contribution is -2.49. The molecule has 0 saturated carbocycles. The highest BCUT2D eigenvalue weighted by atomic mass is 16.4. The maximum absolute atomic E-state index is 12.9. The van der Waals surface area contributed by atoms with Crippen molar-refractivity contribution in [1.82, 2.24) is 0 Å². The molecule has 5 heteroatoms. The minimum absolute atomic E-state index is 0.0757. The largest absolute Gasteiger partial charge is 0.508 e. The average Bonchev–Trinajstić information content (AvgIpc) is 2.76. The number of ketones is 2. The van der Waals surface area contributed by atoms with Crippen molar-refractivity contribution in [2.45, 2.75) is 72.5 Å². The van der Waals surface area contributed by atoms with Gasteiger partial charge in [-0.2, -0.15) is 0 Å². The van der Waals surface area contributed by atoms with Gasteiger partial charge in [0.2, 0.25) is 0 Å². The minimum atomic E-state index is -2.16. The summed E-state index contributed by atoms with van der Waals surface area (Å²) in [6, 6.07) is 0. The number of aliphatic hydroxyl groups is 3. The molecule has 5 nitrogen and oxygen atoms in total. The maximum atomic E-state index is 12.9. The van der Waals surface area contributed by atoms with Gasteiger partial charge in [0.15, 0.2) is 17.2 Å². The molecule has 0 heterocycles. The van der Waals surface area contributed by atoms with Gasteiger partial charge in [0, 0.05) is 5.92 Å². The highest BCUT2D eigenvalue weighted by molar-refractivity contribution is 6.24. The predicted molar refractivity (Wildman–Crippen MR) is 102 cm³/mol. The van der Waals surface area contributed by atoms with Gasteiger partial charge in [-0.15, -0.1) is 0 Å². The Hall–Kier alpha value is -1.72. The highest BCUT2D eigenvalue weighted by Crippen LogP contribution is 2.43. The van der Waals surface area contributed by atoms with E-state index in [1.54, 1.807) is 19.1 Å². The third kappa shape index (κ3) is 4.33. The third-order valence-electron chi connectivity index (χ3n) is 5.04. The molecule has 0 fully saturated rings. The molecule has 0 radical (unpaired) electrons. The SMILES string of the molecule is CCC(C)C(=O)C1=C(O)[C@@](O)([C@@H](O)CC=C(C)C)[C@@H](CC=C(C)C)C1=O. The van der Waals surface area contributed by atoms with Crippen molar-refractivity contribution in [3.05, 3.63) is 34.6 Å². The molecule has 0 aromatic carbocycles. The van der Waals surface area contributed by atoms with E-state index >= 15 is 0 Å². The Balaban J connectivity index is 3.43. The first-order valence-electron chi connectivity index (χ1n) is 9.17. The van der Waals surface area contributed by atoms with Gasteiger partial charge in [-0.1, -0.05) is 37.1 Å². The fourth-order valence-electron chi connectivity index (χ4n) is 3.08. The fourth-order valence-corrected chi connectivity index (χ4v) is 3.08. The van der Waals surface area contributed by atoms with Crippen LogP contribution in [0.15, 0.2) is 34.6 Å². The molecule has 0 saturated heterocycles. The van der Waals surface area contributed by atoms with Gasteiger partial charge in [0.1, 0.15) is 11.3 Å². The summed E-state index contributed by atoms with van der Waals surface area (Å²) in [6.07, 6.45) is 2.84. The van der Waals surface area contributed by atoms with Crippen LogP contribution in [0.1, 0.15) is 60.8 Å². The van der Waals surface area contributed by atoms with Crippen molar-refractivity contribution in [2.24, 2.45) is 11.8 Å². The van der Waals surface area contributed by atoms with Crippen LogP contribution in [0.5, 0.6) is 0 Å². The van der Waals surface area contributed by atoms with E-state index in [0.717, 1.165) is 11.1 Å². The Morgan fingerprint density at radius 3 is 2.19 bits per heavy atom. The maximum Gasteiger partial charge on any atom is 0.176 e. The van der Waals surface area contributed by atoms with Crippen molar-refractivity contribution in [3.63, 3.8) is 0 Å². The Bertz CT molecular complexity index is 647. The smallest absolute Gasteiger partial charge is 0.176 e. The second kappa shape index (κ2) is 8.78. The molecule has 0 bridgehead atoms. The summed E-state index contributed by atoms with van der Waals surface area (Å²) in [7, 11) is 0. The first-order valence-corrected chi connectivity index (χ1v) is 9.17. The number of hydrogen-bond donors (Lipinski definition) is 3. The Kier molecular flexibility index (Phi) is 7.54. The Morgan fingerprint density at radius 1 is 1.19 bits per heavy atom. The lowest BCUT2D eigenvalue weighted by Gasteiger charge is -2.33. The van der Waals surface area contributed by atoms with Crippen LogP contribution in [-0.4, -0.2) is 38.6 Å². The minimum Gasteiger partial charge on any atom is -0.508 e. The summed E-state index contributed by atoms with van der Waals surface area (Å²) in [4.78, 5) is 25.5. The molecule has 0 aromatic rings. The van der Waals surface area contributed by atoms with Crippen LogP contribution in [0.25, 0.3) is 0 Å². The Labute approximate surface area is 156 Å². The molecule has 0 amide bonds. The molecule has 26 heavy (non-hydrogen) atoms. The van der Waals surface area contributed by atoms with Crippen LogP contribution in [0.3, 0.4) is 0 Å². The molecule has 1 rings (SSSR count). The molecule has 4 atom stereocenters. The third-order valence-corrected chi connectivity index (χ3v) is 5.04. The van der Waals surface area contributed by atoms with E-state index in [1.807, 2.05) is 34.6 Å². The van der Waals surface area contributed by atoms with Gasteiger partial charge in [0.25, 0.3) is 0 Å². The number of Topliss-reactive ketones (excluding diaryl/α,β-unsaturated/α-hetero) is 2. The summed E-state index contributed by atoms with van der Waals surface area (Å²) < 4.78 is 0. The summed E-state index contributed by atoms with van der Waals surface area (Å²) in [5.74, 6) is -3.29. The first-order chi connectivity index (χ1) is 12.0. The summed E-state index contributed by atoms with van der Waals surface area (Å²) in [6.45, 7) is 10.9. The van der Waals surface area contributed by atoms with E-state index in [9.17, 15) is 24.9 Å². The molecule has 0 aromatic heterocycles. The number of aliphatic hydroxyl groups excluding tert-OH is 2. The average molecular weight is 364 g/mol. The standard InChI is InChI=1S/C21H32O5/c1-7-14(6)18(23)17-19(24)15(10-8-12(2)3)21(26,20(17)25)16(22)11-9-13(4)5/h8-9,14-16,22,25-26H,7,10-11H2,1-6H3/t14?,15-,16-,21-/m0/s1. The van der Waals surface area contributed by atoms with Gasteiger partial charge in [0.05, 0.1) is 12.0 Å². The lowest BCUT2D eigenvalue weighted by molar-refractivity contribution is -0.134. The molecule has 1 unspecified atom stereocenters. The number of hydrogen-bond acceptors (Lipinski definition) is 5. The summed E-state index contributed by atoms with van der Waals surface area (Å²) in [5.41, 5.74) is -0.629. The molecule has 0 spiro atoms. The predicted octanol–water partition coefficient (Wildman–Crippen LogP) is 3.42. The fraction of sp³-hybridized carbons (Fsp3) is 0.619. The van der Waals surface area contributed by atoms with Gasteiger partial charge in [-0.05, 0) is 47.0 Å². The Morgan fingerprint density at radius 2 is 1.73 bits per heavy atom. The van der Waals surface area contributed by atoms with E-state index in [0.29, 0.717) is 6.42 Å². The highest BCUT2D eigenvalue weighted by Gasteiger charge is 2.58. The molecule has 1 aliphatic carbocycles. The summed E-state index contributed by atoms with van der Waals surface area (Å²) in [5, 5.41) is 32.4. The number of allylic oxidation sites excluding steroid dienone is 4. The molecule has 3 N–H and O–H groups in total.